The number of anilines is 1. The molecule has 0 aliphatic carbocycles. The number of carbonyl (C=O) groups excluding carboxylic acids is 2. The fourth-order valence-corrected chi connectivity index (χ4v) is 3.83. The molecule has 2 amide bonds. The predicted octanol–water partition coefficient (Wildman–Crippen LogP) is 2.60. The number of amides is 2. The second-order valence-corrected chi connectivity index (χ2v) is 7.44. The van der Waals surface area contributed by atoms with Gasteiger partial charge in [0.15, 0.2) is 0 Å². The van der Waals surface area contributed by atoms with Crippen molar-refractivity contribution in [3.63, 3.8) is 0 Å². The van der Waals surface area contributed by atoms with Crippen LogP contribution in [0.15, 0.2) is 42.6 Å². The summed E-state index contributed by atoms with van der Waals surface area (Å²) in [5.41, 5.74) is 1.51. The molecule has 1 unspecified atom stereocenters. The minimum Gasteiger partial charge on any atom is -0.340 e. The first kappa shape index (κ1) is 17.9. The number of likely N-dealkylation sites (N-methyl/N-ethyl adjacent to an activating group) is 1. The number of carbonyl (C=O) groups is 2. The highest BCUT2D eigenvalue weighted by Crippen LogP contribution is 2.39. The fourth-order valence-electron chi connectivity index (χ4n) is 3.72. The first-order valence-corrected chi connectivity index (χ1v) is 9.43. The summed E-state index contributed by atoms with van der Waals surface area (Å²) in [4.78, 5) is 36.0. The van der Waals surface area contributed by atoms with Gasteiger partial charge in [0.2, 0.25) is 5.91 Å². The standard InChI is InChI=1S/C20H21ClN4O2/c1-23-8-10-24(11-9-23)19(26)12-17-15-4-2-3-5-16(15)20(27)25(17)18-7-6-14(21)13-22-18/h2-7,13,17H,8-12H2,1H3. The number of fused-ring (bicyclic) bond motifs is 1. The summed E-state index contributed by atoms with van der Waals surface area (Å²) in [6.07, 6.45) is 1.77. The van der Waals surface area contributed by atoms with Gasteiger partial charge < -0.3 is 9.80 Å². The van der Waals surface area contributed by atoms with Crippen molar-refractivity contribution >= 4 is 29.2 Å². The van der Waals surface area contributed by atoms with Gasteiger partial charge in [-0.15, -0.1) is 0 Å². The highest BCUT2D eigenvalue weighted by molar-refractivity contribution is 6.30. The van der Waals surface area contributed by atoms with E-state index in [4.69, 9.17) is 11.6 Å². The van der Waals surface area contributed by atoms with Gasteiger partial charge in [-0.2, -0.15) is 0 Å². The highest BCUT2D eigenvalue weighted by Gasteiger charge is 2.40. The molecule has 2 aliphatic heterocycles. The van der Waals surface area contributed by atoms with Gasteiger partial charge in [-0.25, -0.2) is 4.98 Å². The van der Waals surface area contributed by atoms with Gasteiger partial charge in [-0.3, -0.25) is 14.5 Å². The molecule has 4 rings (SSSR count). The van der Waals surface area contributed by atoms with Crippen LogP contribution in [0.2, 0.25) is 5.02 Å². The Morgan fingerprint density at radius 3 is 2.59 bits per heavy atom. The first-order valence-electron chi connectivity index (χ1n) is 9.05. The van der Waals surface area contributed by atoms with Gasteiger partial charge in [-0.1, -0.05) is 29.8 Å². The lowest BCUT2D eigenvalue weighted by atomic mass is 10.0. The molecule has 7 heteroatoms. The molecule has 2 aromatic rings. The smallest absolute Gasteiger partial charge is 0.260 e. The lowest BCUT2D eigenvalue weighted by Gasteiger charge is -2.34. The number of piperazine rings is 1. The largest absolute Gasteiger partial charge is 0.340 e. The number of aromatic nitrogens is 1. The van der Waals surface area contributed by atoms with E-state index in [0.29, 0.717) is 16.4 Å². The SMILES string of the molecule is CN1CCN(C(=O)CC2c3ccccc3C(=O)N2c2ccc(Cl)cn2)CC1. The lowest BCUT2D eigenvalue weighted by Crippen LogP contribution is -2.47. The highest BCUT2D eigenvalue weighted by atomic mass is 35.5. The van der Waals surface area contributed by atoms with Gasteiger partial charge in [0, 0.05) is 37.9 Å². The molecular weight excluding hydrogens is 364 g/mol. The molecule has 0 N–H and O–H groups in total. The van der Waals surface area contributed by atoms with Crippen LogP contribution < -0.4 is 4.90 Å². The number of nitrogens with zero attached hydrogens (tertiary/aromatic N) is 4. The Kier molecular flexibility index (Phi) is 4.85. The quantitative estimate of drug-likeness (QED) is 0.816. The number of benzene rings is 1. The van der Waals surface area contributed by atoms with Crippen molar-refractivity contribution in [2.45, 2.75) is 12.5 Å². The van der Waals surface area contributed by atoms with Crippen LogP contribution in [-0.2, 0) is 4.79 Å². The summed E-state index contributed by atoms with van der Waals surface area (Å²) in [7, 11) is 2.06. The van der Waals surface area contributed by atoms with Gasteiger partial charge in [0.1, 0.15) is 5.82 Å². The average molecular weight is 385 g/mol. The molecule has 0 bridgehead atoms. The summed E-state index contributed by atoms with van der Waals surface area (Å²) in [6.45, 7) is 3.18. The normalized spacial score (nSPS) is 20.1. The summed E-state index contributed by atoms with van der Waals surface area (Å²) in [5.74, 6) is 0.449. The number of hydrogen-bond acceptors (Lipinski definition) is 4. The molecule has 0 spiro atoms. The zero-order chi connectivity index (χ0) is 19.0. The summed E-state index contributed by atoms with van der Waals surface area (Å²) >= 11 is 5.95. The van der Waals surface area contributed by atoms with Crippen LogP contribution in [0, 0.1) is 0 Å². The van der Waals surface area contributed by atoms with Crippen LogP contribution >= 0.6 is 11.6 Å². The van der Waals surface area contributed by atoms with Crippen LogP contribution in [0.5, 0.6) is 0 Å². The fraction of sp³-hybridized carbons (Fsp3) is 0.350. The van der Waals surface area contributed by atoms with E-state index in [9.17, 15) is 9.59 Å². The average Bonchev–Trinajstić information content (AvgIpc) is 2.95. The van der Waals surface area contributed by atoms with E-state index in [0.717, 1.165) is 31.7 Å². The van der Waals surface area contributed by atoms with Gasteiger partial charge in [0.25, 0.3) is 5.91 Å². The minimum absolute atomic E-state index is 0.0663. The van der Waals surface area contributed by atoms with E-state index in [1.54, 1.807) is 23.1 Å². The number of halogens is 1. The summed E-state index contributed by atoms with van der Waals surface area (Å²) in [6, 6.07) is 10.5. The second-order valence-electron chi connectivity index (χ2n) is 7.00. The molecule has 1 saturated heterocycles. The van der Waals surface area contributed by atoms with Crippen molar-refractivity contribution < 1.29 is 9.59 Å². The predicted molar refractivity (Wildman–Crippen MR) is 104 cm³/mol. The molecule has 0 saturated carbocycles. The Bertz CT molecular complexity index is 863. The summed E-state index contributed by atoms with van der Waals surface area (Å²) in [5, 5.41) is 0.507. The number of hydrogen-bond donors (Lipinski definition) is 0. The zero-order valence-corrected chi connectivity index (χ0v) is 15.9. The molecule has 1 fully saturated rings. The Balaban J connectivity index is 1.63. The molecule has 6 nitrogen and oxygen atoms in total. The molecule has 2 aliphatic rings. The third-order valence-electron chi connectivity index (χ3n) is 5.26. The van der Waals surface area contributed by atoms with Crippen molar-refractivity contribution in [2.75, 3.05) is 38.1 Å². The first-order chi connectivity index (χ1) is 13.0. The van der Waals surface area contributed by atoms with Gasteiger partial charge >= 0.3 is 0 Å². The van der Waals surface area contributed by atoms with Crippen molar-refractivity contribution in [2.24, 2.45) is 0 Å². The Labute approximate surface area is 163 Å². The van der Waals surface area contributed by atoms with E-state index in [-0.39, 0.29) is 24.3 Å². The molecule has 1 aromatic heterocycles. The maximum atomic E-state index is 13.0. The van der Waals surface area contributed by atoms with E-state index in [1.807, 2.05) is 23.1 Å². The van der Waals surface area contributed by atoms with Crippen molar-refractivity contribution in [1.82, 2.24) is 14.8 Å². The van der Waals surface area contributed by atoms with Crippen LogP contribution in [0.3, 0.4) is 0 Å². The van der Waals surface area contributed by atoms with E-state index in [2.05, 4.69) is 16.9 Å². The molecular formula is C20H21ClN4O2. The van der Waals surface area contributed by atoms with Crippen molar-refractivity contribution in [3.05, 3.63) is 58.7 Å². The molecule has 3 heterocycles. The molecule has 1 atom stereocenters. The van der Waals surface area contributed by atoms with Crippen LogP contribution in [-0.4, -0.2) is 59.8 Å². The number of rotatable bonds is 3. The van der Waals surface area contributed by atoms with Gasteiger partial charge in [0.05, 0.1) is 17.5 Å². The Morgan fingerprint density at radius 1 is 1.15 bits per heavy atom. The van der Waals surface area contributed by atoms with Gasteiger partial charge in [-0.05, 0) is 30.8 Å². The second kappa shape index (κ2) is 7.29. The van der Waals surface area contributed by atoms with Crippen molar-refractivity contribution in [3.8, 4) is 0 Å². The van der Waals surface area contributed by atoms with E-state index < -0.39 is 0 Å². The molecule has 1 aromatic carbocycles. The molecule has 0 radical (unpaired) electrons. The Morgan fingerprint density at radius 2 is 1.89 bits per heavy atom. The maximum absolute atomic E-state index is 13.0. The van der Waals surface area contributed by atoms with Crippen LogP contribution in [0.4, 0.5) is 5.82 Å². The third-order valence-corrected chi connectivity index (χ3v) is 5.49. The van der Waals surface area contributed by atoms with Crippen molar-refractivity contribution in [1.29, 1.82) is 0 Å². The minimum atomic E-state index is -0.352. The molecule has 140 valence electrons. The topological polar surface area (TPSA) is 56.8 Å². The monoisotopic (exact) mass is 384 g/mol. The zero-order valence-electron chi connectivity index (χ0n) is 15.1. The summed E-state index contributed by atoms with van der Waals surface area (Å²) < 4.78 is 0. The molecule has 27 heavy (non-hydrogen) atoms. The van der Waals surface area contributed by atoms with Crippen LogP contribution in [0.25, 0.3) is 0 Å². The van der Waals surface area contributed by atoms with Crippen LogP contribution in [0.1, 0.15) is 28.4 Å². The van der Waals surface area contributed by atoms with E-state index in [1.165, 1.54) is 6.20 Å². The lowest BCUT2D eigenvalue weighted by molar-refractivity contribution is -0.133. The maximum Gasteiger partial charge on any atom is 0.260 e. The third kappa shape index (κ3) is 3.42. The number of pyridine rings is 1. The van der Waals surface area contributed by atoms with E-state index >= 15 is 0 Å². The Hall–Kier alpha value is -2.44.